The Hall–Kier alpha value is -6.91. The number of nitrogens with zero attached hydrogens (tertiary/aromatic N) is 2. The number of benzene rings is 8. The molecule has 0 saturated heterocycles. The highest BCUT2D eigenvalue weighted by molar-refractivity contribution is 6.10. The summed E-state index contributed by atoms with van der Waals surface area (Å²) in [7, 11) is 0. The van der Waals surface area contributed by atoms with Gasteiger partial charge in [-0.05, 0) is 82.1 Å². The second-order valence-electron chi connectivity index (χ2n) is 12.8. The highest BCUT2D eigenvalue weighted by Crippen LogP contribution is 2.44. The first-order valence-corrected chi connectivity index (χ1v) is 17.1. The topological polar surface area (TPSA) is 42.4 Å². The summed E-state index contributed by atoms with van der Waals surface area (Å²) in [6.45, 7) is 0. The summed E-state index contributed by atoms with van der Waals surface area (Å²) < 4.78 is 12.8. The summed E-state index contributed by atoms with van der Waals surface area (Å²) in [5, 5.41) is 4.45. The normalized spacial score (nSPS) is 11.5. The zero-order chi connectivity index (χ0) is 33.7. The van der Waals surface area contributed by atoms with Crippen LogP contribution in [0.4, 0.5) is 17.1 Å². The number of fused-ring (bicyclic) bond motifs is 5. The van der Waals surface area contributed by atoms with Gasteiger partial charge in [-0.2, -0.15) is 0 Å². The number of rotatable bonds is 6. The maximum absolute atomic E-state index is 6.57. The predicted octanol–water partition coefficient (Wildman–Crippen LogP) is 13.4. The molecule has 0 saturated carbocycles. The van der Waals surface area contributed by atoms with Gasteiger partial charge in [0.05, 0.1) is 5.69 Å². The van der Waals surface area contributed by atoms with Crippen molar-refractivity contribution in [2.24, 2.45) is 0 Å². The molecule has 240 valence electrons. The lowest BCUT2D eigenvalue weighted by molar-refractivity contribution is 0.620. The quantitative estimate of drug-likeness (QED) is 0.179. The lowest BCUT2D eigenvalue weighted by Crippen LogP contribution is -2.11. The van der Waals surface area contributed by atoms with Gasteiger partial charge in [0.25, 0.3) is 0 Å². The Morgan fingerprint density at radius 1 is 0.392 bits per heavy atom. The highest BCUT2D eigenvalue weighted by atomic mass is 16.4. The van der Waals surface area contributed by atoms with E-state index in [-0.39, 0.29) is 0 Å². The Kier molecular flexibility index (Phi) is 6.78. The van der Waals surface area contributed by atoms with E-state index in [1.165, 1.54) is 21.9 Å². The predicted molar refractivity (Wildman–Crippen MR) is 210 cm³/mol. The highest BCUT2D eigenvalue weighted by Gasteiger charge is 2.20. The van der Waals surface area contributed by atoms with E-state index in [0.717, 1.165) is 66.8 Å². The molecule has 0 aliphatic heterocycles. The maximum atomic E-state index is 6.57. The Morgan fingerprint density at radius 2 is 1.04 bits per heavy atom. The SMILES string of the molecule is c1ccc(-c2ccc(N(c3ccc4c(c3)oc3cc5nc(-c6ccccc6)oc5cc34)c3ccccc3-c3ccc4ccccc4c3)cc2)cc1. The molecule has 0 aliphatic carbocycles. The van der Waals surface area contributed by atoms with Crippen molar-refractivity contribution in [3.63, 3.8) is 0 Å². The molecule has 4 heteroatoms. The fourth-order valence-corrected chi connectivity index (χ4v) is 7.16. The molecule has 0 bridgehead atoms. The molecule has 0 radical (unpaired) electrons. The maximum Gasteiger partial charge on any atom is 0.227 e. The number of anilines is 3. The van der Waals surface area contributed by atoms with E-state index >= 15 is 0 Å². The fourth-order valence-electron chi connectivity index (χ4n) is 7.16. The van der Waals surface area contributed by atoms with Crippen molar-refractivity contribution in [2.75, 3.05) is 4.90 Å². The molecular formula is C47H30N2O2. The first kappa shape index (κ1) is 29.0. The number of furan rings is 1. The Bertz CT molecular complexity index is 2850. The fraction of sp³-hybridized carbons (Fsp3) is 0. The van der Waals surface area contributed by atoms with Gasteiger partial charge in [0.15, 0.2) is 5.58 Å². The van der Waals surface area contributed by atoms with Crippen LogP contribution in [0.3, 0.4) is 0 Å². The Balaban J connectivity index is 1.12. The number of hydrogen-bond donors (Lipinski definition) is 0. The smallest absolute Gasteiger partial charge is 0.227 e. The van der Waals surface area contributed by atoms with Crippen LogP contribution in [-0.2, 0) is 0 Å². The van der Waals surface area contributed by atoms with E-state index in [1.807, 2.05) is 48.5 Å². The van der Waals surface area contributed by atoms with Crippen molar-refractivity contribution < 1.29 is 8.83 Å². The summed E-state index contributed by atoms with van der Waals surface area (Å²) in [6, 6.07) is 63.6. The van der Waals surface area contributed by atoms with Crippen LogP contribution in [0.2, 0.25) is 0 Å². The molecule has 0 aliphatic rings. The first-order chi connectivity index (χ1) is 25.2. The summed E-state index contributed by atoms with van der Waals surface area (Å²) in [5.41, 5.74) is 11.8. The van der Waals surface area contributed by atoms with Gasteiger partial charge in [0.2, 0.25) is 5.89 Å². The van der Waals surface area contributed by atoms with Crippen molar-refractivity contribution in [1.29, 1.82) is 0 Å². The minimum Gasteiger partial charge on any atom is -0.456 e. The molecule has 0 atom stereocenters. The Morgan fingerprint density at radius 3 is 1.86 bits per heavy atom. The molecule has 10 aromatic rings. The van der Waals surface area contributed by atoms with E-state index in [9.17, 15) is 0 Å². The van der Waals surface area contributed by atoms with Crippen molar-refractivity contribution in [2.45, 2.75) is 0 Å². The number of aromatic nitrogens is 1. The van der Waals surface area contributed by atoms with Crippen LogP contribution in [-0.4, -0.2) is 4.98 Å². The van der Waals surface area contributed by atoms with Crippen LogP contribution in [0.5, 0.6) is 0 Å². The summed E-state index contributed by atoms with van der Waals surface area (Å²) in [5.74, 6) is 0.601. The van der Waals surface area contributed by atoms with Gasteiger partial charge in [0, 0.05) is 45.4 Å². The van der Waals surface area contributed by atoms with Crippen LogP contribution >= 0.6 is 0 Å². The minimum absolute atomic E-state index is 0.601. The largest absolute Gasteiger partial charge is 0.456 e. The van der Waals surface area contributed by atoms with Crippen molar-refractivity contribution >= 4 is 60.9 Å². The standard InChI is InChI=1S/C47H30N2O2/c1-3-11-31(12-4-1)33-21-23-37(24-22-33)49(43-18-10-9-17-39(43)36-20-19-32-13-7-8-16-35(32)27-36)38-25-26-40-41-29-46-42(30-45(41)50-44(40)28-38)48-47(51-46)34-14-5-2-6-15-34/h1-30H. The third-order valence-corrected chi connectivity index (χ3v) is 9.68. The molecular weight excluding hydrogens is 625 g/mol. The van der Waals surface area contributed by atoms with E-state index in [0.29, 0.717) is 5.89 Å². The molecule has 0 spiro atoms. The molecule has 4 nitrogen and oxygen atoms in total. The molecule has 0 amide bonds. The van der Waals surface area contributed by atoms with Crippen LogP contribution in [0.25, 0.3) is 77.5 Å². The summed E-state index contributed by atoms with van der Waals surface area (Å²) in [4.78, 5) is 7.10. The second kappa shape index (κ2) is 11.9. The van der Waals surface area contributed by atoms with E-state index in [1.54, 1.807) is 0 Å². The zero-order valence-corrected chi connectivity index (χ0v) is 27.5. The molecule has 0 fully saturated rings. The zero-order valence-electron chi connectivity index (χ0n) is 27.5. The minimum atomic E-state index is 0.601. The Labute approximate surface area is 294 Å². The van der Waals surface area contributed by atoms with Gasteiger partial charge in [-0.1, -0.05) is 115 Å². The van der Waals surface area contributed by atoms with Gasteiger partial charge in [-0.25, -0.2) is 4.98 Å². The third kappa shape index (κ3) is 5.13. The number of hydrogen-bond acceptors (Lipinski definition) is 4. The monoisotopic (exact) mass is 654 g/mol. The van der Waals surface area contributed by atoms with Crippen molar-refractivity contribution in [1.82, 2.24) is 4.98 Å². The molecule has 0 unspecified atom stereocenters. The second-order valence-corrected chi connectivity index (χ2v) is 12.8. The number of para-hydroxylation sites is 1. The average molecular weight is 655 g/mol. The third-order valence-electron chi connectivity index (χ3n) is 9.68. The van der Waals surface area contributed by atoms with Crippen LogP contribution in [0.1, 0.15) is 0 Å². The van der Waals surface area contributed by atoms with Gasteiger partial charge < -0.3 is 13.7 Å². The lowest BCUT2D eigenvalue weighted by Gasteiger charge is -2.28. The van der Waals surface area contributed by atoms with Gasteiger partial charge in [-0.3, -0.25) is 0 Å². The molecule has 8 aromatic carbocycles. The molecule has 51 heavy (non-hydrogen) atoms. The van der Waals surface area contributed by atoms with Crippen molar-refractivity contribution in [3.05, 3.63) is 182 Å². The molecule has 0 N–H and O–H groups in total. The van der Waals surface area contributed by atoms with Crippen LogP contribution in [0.15, 0.2) is 191 Å². The van der Waals surface area contributed by atoms with Crippen LogP contribution < -0.4 is 4.90 Å². The summed E-state index contributed by atoms with van der Waals surface area (Å²) >= 11 is 0. The first-order valence-electron chi connectivity index (χ1n) is 17.1. The lowest BCUT2D eigenvalue weighted by atomic mass is 9.98. The van der Waals surface area contributed by atoms with Crippen LogP contribution in [0, 0.1) is 0 Å². The van der Waals surface area contributed by atoms with Crippen molar-refractivity contribution in [3.8, 4) is 33.7 Å². The van der Waals surface area contributed by atoms with Gasteiger partial charge in [0.1, 0.15) is 16.7 Å². The van der Waals surface area contributed by atoms with E-state index < -0.39 is 0 Å². The summed E-state index contributed by atoms with van der Waals surface area (Å²) in [6.07, 6.45) is 0. The average Bonchev–Trinajstić information content (AvgIpc) is 3.78. The molecule has 2 heterocycles. The van der Waals surface area contributed by atoms with Gasteiger partial charge in [-0.15, -0.1) is 0 Å². The molecule has 10 rings (SSSR count). The number of oxazole rings is 1. The van der Waals surface area contributed by atoms with Gasteiger partial charge >= 0.3 is 0 Å². The molecule has 2 aromatic heterocycles. The van der Waals surface area contributed by atoms with E-state index in [4.69, 9.17) is 13.8 Å². The van der Waals surface area contributed by atoms with E-state index in [2.05, 4.69) is 138 Å².